The number of nitro benzene ring substituents is 1. The summed E-state index contributed by atoms with van der Waals surface area (Å²) in [5.41, 5.74) is 0.900. The van der Waals surface area contributed by atoms with Gasteiger partial charge in [0.25, 0.3) is 5.69 Å². The van der Waals surface area contributed by atoms with Gasteiger partial charge in [0.1, 0.15) is 0 Å². The van der Waals surface area contributed by atoms with Gasteiger partial charge in [-0.05, 0) is 23.8 Å². The molecule has 1 amide bonds. The van der Waals surface area contributed by atoms with Gasteiger partial charge in [-0.2, -0.15) is 0 Å². The van der Waals surface area contributed by atoms with Gasteiger partial charge >= 0.3 is 6.01 Å². The molecule has 28 heavy (non-hydrogen) atoms. The topological polar surface area (TPSA) is 145 Å². The van der Waals surface area contributed by atoms with E-state index in [-0.39, 0.29) is 28.9 Å². The van der Waals surface area contributed by atoms with Gasteiger partial charge in [0.05, 0.1) is 16.2 Å². The molecule has 0 aliphatic carbocycles. The Balaban J connectivity index is 1.69. The van der Waals surface area contributed by atoms with Gasteiger partial charge in [-0.1, -0.05) is 23.3 Å². The summed E-state index contributed by atoms with van der Waals surface area (Å²) in [6.45, 7) is 0. The van der Waals surface area contributed by atoms with E-state index in [1.165, 1.54) is 36.4 Å². The second-order valence-corrected chi connectivity index (χ2v) is 7.88. The number of hydrogen-bond donors (Lipinski definition) is 1. The average Bonchev–Trinajstić information content (AvgIpc) is 3.10. The minimum Gasteiger partial charge on any atom is -0.403 e. The van der Waals surface area contributed by atoms with Crippen LogP contribution in [0.25, 0.3) is 11.5 Å². The molecule has 0 spiro atoms. The predicted molar refractivity (Wildman–Crippen MR) is 98.3 cm³/mol. The molecule has 0 saturated carbocycles. The zero-order valence-electron chi connectivity index (χ0n) is 14.5. The number of nitrogens with one attached hydrogen (secondary N) is 1. The number of carbonyl (C=O) groups is 1. The highest BCUT2D eigenvalue weighted by Crippen LogP contribution is 2.23. The highest BCUT2D eigenvalue weighted by Gasteiger charge is 2.15. The molecular formula is C17H14N4O6S. The van der Waals surface area contributed by atoms with E-state index in [0.717, 1.165) is 6.26 Å². The van der Waals surface area contributed by atoms with Crippen molar-refractivity contribution in [1.82, 2.24) is 10.2 Å². The molecule has 3 rings (SSSR count). The third kappa shape index (κ3) is 4.57. The lowest BCUT2D eigenvalue weighted by Crippen LogP contribution is -2.14. The number of rotatable bonds is 6. The maximum Gasteiger partial charge on any atom is 0.322 e. The van der Waals surface area contributed by atoms with E-state index in [9.17, 15) is 23.3 Å². The van der Waals surface area contributed by atoms with Gasteiger partial charge in [0, 0.05) is 24.0 Å². The van der Waals surface area contributed by atoms with Gasteiger partial charge in [-0.3, -0.25) is 20.2 Å². The van der Waals surface area contributed by atoms with Crippen LogP contribution in [-0.4, -0.2) is 35.7 Å². The summed E-state index contributed by atoms with van der Waals surface area (Å²) in [6.07, 6.45) is 1.04. The zero-order valence-corrected chi connectivity index (χ0v) is 15.3. The quantitative estimate of drug-likeness (QED) is 0.488. The highest BCUT2D eigenvalue weighted by molar-refractivity contribution is 7.90. The molecule has 0 unspecified atom stereocenters. The van der Waals surface area contributed by atoms with Crippen molar-refractivity contribution < 1.29 is 22.6 Å². The van der Waals surface area contributed by atoms with Crippen molar-refractivity contribution in [2.75, 3.05) is 11.6 Å². The van der Waals surface area contributed by atoms with Crippen molar-refractivity contribution in [3.8, 4) is 11.5 Å². The molecule has 0 saturated heterocycles. The van der Waals surface area contributed by atoms with Crippen molar-refractivity contribution in [2.24, 2.45) is 0 Å². The molecule has 3 aromatic rings. The molecule has 10 nitrogen and oxygen atoms in total. The summed E-state index contributed by atoms with van der Waals surface area (Å²) in [7, 11) is -3.39. The van der Waals surface area contributed by atoms with Gasteiger partial charge in [0.15, 0.2) is 9.84 Å². The Morgan fingerprint density at radius 2 is 1.89 bits per heavy atom. The Labute approximate surface area is 159 Å². The fraction of sp³-hybridized carbons (Fsp3) is 0.118. The summed E-state index contributed by atoms with van der Waals surface area (Å²) in [4.78, 5) is 22.3. The van der Waals surface area contributed by atoms with Crippen LogP contribution >= 0.6 is 0 Å². The van der Waals surface area contributed by atoms with E-state index in [2.05, 4.69) is 15.5 Å². The average molecular weight is 402 g/mol. The largest absolute Gasteiger partial charge is 0.403 e. The van der Waals surface area contributed by atoms with Crippen molar-refractivity contribution in [2.45, 2.75) is 11.3 Å². The first kappa shape index (κ1) is 19.2. The van der Waals surface area contributed by atoms with Crippen LogP contribution in [0.2, 0.25) is 0 Å². The molecule has 0 atom stereocenters. The summed E-state index contributed by atoms with van der Waals surface area (Å²) in [5.74, 6) is -0.398. The number of amides is 1. The van der Waals surface area contributed by atoms with Gasteiger partial charge < -0.3 is 4.42 Å². The molecule has 1 N–H and O–H groups in total. The second-order valence-electron chi connectivity index (χ2n) is 5.86. The van der Waals surface area contributed by atoms with E-state index >= 15 is 0 Å². The Morgan fingerprint density at radius 3 is 2.54 bits per heavy atom. The number of sulfone groups is 1. The van der Waals surface area contributed by atoms with Crippen LogP contribution in [0.5, 0.6) is 0 Å². The van der Waals surface area contributed by atoms with Crippen LogP contribution in [0.4, 0.5) is 11.7 Å². The second kappa shape index (κ2) is 7.56. The number of non-ortho nitro benzene ring substituents is 1. The first-order valence-electron chi connectivity index (χ1n) is 7.89. The maximum atomic E-state index is 12.1. The van der Waals surface area contributed by atoms with E-state index in [1.807, 2.05) is 0 Å². The Morgan fingerprint density at radius 1 is 1.18 bits per heavy atom. The van der Waals surface area contributed by atoms with Crippen molar-refractivity contribution in [3.05, 3.63) is 64.2 Å². The molecular weight excluding hydrogens is 388 g/mol. The minimum absolute atomic E-state index is 0.0424. The number of hydrogen-bond acceptors (Lipinski definition) is 8. The lowest BCUT2D eigenvalue weighted by atomic mass is 10.1. The number of benzene rings is 2. The molecule has 144 valence electrons. The van der Waals surface area contributed by atoms with Gasteiger partial charge in [-0.25, -0.2) is 8.42 Å². The summed E-state index contributed by atoms with van der Waals surface area (Å²) >= 11 is 0. The van der Waals surface area contributed by atoms with Crippen LogP contribution in [0.15, 0.2) is 57.8 Å². The van der Waals surface area contributed by atoms with Crippen LogP contribution in [0, 0.1) is 10.1 Å². The third-order valence-corrected chi connectivity index (χ3v) is 4.80. The molecule has 1 aromatic heterocycles. The van der Waals surface area contributed by atoms with Crippen molar-refractivity contribution in [3.63, 3.8) is 0 Å². The van der Waals surface area contributed by atoms with Crippen LogP contribution in [0.1, 0.15) is 5.56 Å². The van der Waals surface area contributed by atoms with Crippen LogP contribution in [-0.2, 0) is 21.1 Å². The number of aromatic nitrogens is 2. The smallest absolute Gasteiger partial charge is 0.322 e. The maximum absolute atomic E-state index is 12.1. The molecule has 0 aliphatic rings. The highest BCUT2D eigenvalue weighted by atomic mass is 32.2. The van der Waals surface area contributed by atoms with E-state index in [1.54, 1.807) is 12.1 Å². The molecule has 0 bridgehead atoms. The fourth-order valence-corrected chi connectivity index (χ4v) is 3.00. The van der Waals surface area contributed by atoms with E-state index < -0.39 is 20.7 Å². The molecule has 0 aliphatic heterocycles. The van der Waals surface area contributed by atoms with Gasteiger partial charge in [-0.15, -0.1) is 5.10 Å². The minimum atomic E-state index is -3.39. The lowest BCUT2D eigenvalue weighted by molar-refractivity contribution is -0.384. The Kier molecular flexibility index (Phi) is 5.18. The molecule has 0 radical (unpaired) electrons. The lowest BCUT2D eigenvalue weighted by Gasteiger charge is -2.01. The molecule has 1 heterocycles. The number of anilines is 1. The third-order valence-electron chi connectivity index (χ3n) is 3.69. The van der Waals surface area contributed by atoms with E-state index in [4.69, 9.17) is 4.42 Å². The fourth-order valence-electron chi connectivity index (χ4n) is 2.33. The Hall–Kier alpha value is -3.60. The summed E-state index contributed by atoms with van der Waals surface area (Å²) in [5, 5.41) is 20.6. The van der Waals surface area contributed by atoms with Crippen molar-refractivity contribution >= 4 is 27.4 Å². The number of nitrogens with zero attached hydrogens (tertiary/aromatic N) is 3. The zero-order chi connectivity index (χ0) is 20.3. The monoisotopic (exact) mass is 402 g/mol. The normalized spacial score (nSPS) is 11.2. The first-order valence-corrected chi connectivity index (χ1v) is 9.79. The number of nitro groups is 1. The standard InChI is InChI=1S/C17H14N4O6S/c1-28(25,26)14-4-2-3-12(10-14)16-19-20-17(27-16)18-15(22)9-11-5-7-13(8-6-11)21(23)24/h2-8,10H,9H2,1H3,(H,18,20,22). The SMILES string of the molecule is CS(=O)(=O)c1cccc(-c2nnc(NC(=O)Cc3ccc([N+](=O)[O-])cc3)o2)c1. The van der Waals surface area contributed by atoms with Crippen molar-refractivity contribution in [1.29, 1.82) is 0 Å². The molecule has 2 aromatic carbocycles. The van der Waals surface area contributed by atoms with Gasteiger partial charge in [0.2, 0.25) is 11.8 Å². The molecule has 11 heteroatoms. The number of carbonyl (C=O) groups excluding carboxylic acids is 1. The molecule has 0 fully saturated rings. The Bertz CT molecular complexity index is 1140. The van der Waals surface area contributed by atoms with Crippen LogP contribution < -0.4 is 5.32 Å². The van der Waals surface area contributed by atoms with E-state index in [0.29, 0.717) is 11.1 Å². The first-order chi connectivity index (χ1) is 13.2. The van der Waals surface area contributed by atoms with Crippen LogP contribution in [0.3, 0.4) is 0 Å². The summed E-state index contributed by atoms with van der Waals surface area (Å²) < 4.78 is 28.6. The predicted octanol–water partition coefficient (Wildman–Crippen LogP) is 2.23. The summed E-state index contributed by atoms with van der Waals surface area (Å²) in [6, 6.07) is 11.4.